The van der Waals surface area contributed by atoms with E-state index in [1.165, 1.54) is 0 Å². The summed E-state index contributed by atoms with van der Waals surface area (Å²) in [6.07, 6.45) is -0.157. The van der Waals surface area contributed by atoms with Gasteiger partial charge in [-0.3, -0.25) is 14.4 Å². The summed E-state index contributed by atoms with van der Waals surface area (Å²) in [7, 11) is 1.88. The molecule has 0 aliphatic carbocycles. The highest BCUT2D eigenvalue weighted by Crippen LogP contribution is 2.19. The van der Waals surface area contributed by atoms with E-state index in [0.717, 1.165) is 11.0 Å². The molecule has 2 heterocycles. The molecule has 2 aromatic carbocycles. The van der Waals surface area contributed by atoms with Crippen molar-refractivity contribution >= 4 is 34.4 Å². The van der Waals surface area contributed by atoms with Crippen molar-refractivity contribution in [3.63, 3.8) is 0 Å². The number of hydrogen-bond donors (Lipinski definition) is 3. The molecule has 1 atom stereocenters. The van der Waals surface area contributed by atoms with Gasteiger partial charge in [-0.05, 0) is 24.3 Å². The summed E-state index contributed by atoms with van der Waals surface area (Å²) >= 11 is 0. The van der Waals surface area contributed by atoms with Crippen LogP contribution in [0.15, 0.2) is 48.5 Å². The van der Waals surface area contributed by atoms with Crippen LogP contribution in [0.25, 0.3) is 11.0 Å². The van der Waals surface area contributed by atoms with Gasteiger partial charge in [-0.25, -0.2) is 4.98 Å². The second kappa shape index (κ2) is 7.15. The number of fused-ring (bicyclic) bond motifs is 2. The van der Waals surface area contributed by atoms with Gasteiger partial charge in [0.15, 0.2) is 0 Å². The predicted molar refractivity (Wildman–Crippen MR) is 104 cm³/mol. The van der Waals surface area contributed by atoms with Crippen LogP contribution in [-0.2, 0) is 23.2 Å². The Morgan fingerprint density at radius 1 is 1.14 bits per heavy atom. The molecule has 1 aromatic heterocycles. The van der Waals surface area contributed by atoms with E-state index in [1.807, 2.05) is 35.9 Å². The standard InChI is InChI=1S/C20H19N5O3/c1-25-16-9-5-4-8-14(16)22-17(25)11-21-18(26)10-15-20(28)23-13-7-3-2-6-12(13)19(27)24-15/h2-9,15H,10-11H2,1H3,(H,21,26)(H,23,28)(H,24,27)/t15-/m0/s1. The van der Waals surface area contributed by atoms with Crippen molar-refractivity contribution in [2.75, 3.05) is 5.32 Å². The van der Waals surface area contributed by atoms with E-state index in [1.54, 1.807) is 24.3 Å². The van der Waals surface area contributed by atoms with Crippen LogP contribution in [0.5, 0.6) is 0 Å². The number of carbonyl (C=O) groups is 3. The summed E-state index contributed by atoms with van der Waals surface area (Å²) in [4.78, 5) is 41.6. The van der Waals surface area contributed by atoms with Crippen molar-refractivity contribution in [3.05, 3.63) is 59.9 Å². The zero-order valence-electron chi connectivity index (χ0n) is 15.2. The highest BCUT2D eigenvalue weighted by molar-refractivity contribution is 6.10. The second-order valence-corrected chi connectivity index (χ2v) is 6.62. The summed E-state index contributed by atoms with van der Waals surface area (Å²) < 4.78 is 1.91. The maximum atomic E-state index is 12.4. The minimum absolute atomic E-state index is 0.157. The van der Waals surface area contributed by atoms with Crippen molar-refractivity contribution in [1.82, 2.24) is 20.2 Å². The minimum Gasteiger partial charge on any atom is -0.349 e. The molecule has 4 rings (SSSR count). The Hall–Kier alpha value is -3.68. The first-order valence-corrected chi connectivity index (χ1v) is 8.90. The maximum Gasteiger partial charge on any atom is 0.254 e. The van der Waals surface area contributed by atoms with Gasteiger partial charge in [0, 0.05) is 7.05 Å². The van der Waals surface area contributed by atoms with Gasteiger partial charge in [-0.15, -0.1) is 0 Å². The number of benzene rings is 2. The lowest BCUT2D eigenvalue weighted by Crippen LogP contribution is -2.44. The van der Waals surface area contributed by atoms with Gasteiger partial charge in [-0.2, -0.15) is 0 Å². The average molecular weight is 377 g/mol. The fraction of sp³-hybridized carbons (Fsp3) is 0.200. The average Bonchev–Trinajstić information content (AvgIpc) is 2.96. The monoisotopic (exact) mass is 377 g/mol. The molecule has 0 radical (unpaired) electrons. The number of para-hydroxylation sites is 3. The molecule has 0 bridgehead atoms. The minimum atomic E-state index is -0.944. The molecule has 0 saturated heterocycles. The molecule has 1 aliphatic rings. The van der Waals surface area contributed by atoms with Gasteiger partial charge in [0.25, 0.3) is 5.91 Å². The largest absolute Gasteiger partial charge is 0.349 e. The number of imidazole rings is 1. The number of carbonyl (C=O) groups excluding carboxylic acids is 3. The molecule has 0 fully saturated rings. The molecular formula is C20H19N5O3. The lowest BCUT2D eigenvalue weighted by molar-refractivity contribution is -0.125. The molecule has 142 valence electrons. The highest BCUT2D eigenvalue weighted by atomic mass is 16.2. The van der Waals surface area contributed by atoms with E-state index < -0.39 is 11.9 Å². The van der Waals surface area contributed by atoms with Crippen LogP contribution in [0.1, 0.15) is 22.6 Å². The zero-order chi connectivity index (χ0) is 19.7. The van der Waals surface area contributed by atoms with Crippen molar-refractivity contribution in [2.24, 2.45) is 7.05 Å². The first-order chi connectivity index (χ1) is 13.5. The number of hydrogen-bond acceptors (Lipinski definition) is 4. The number of rotatable bonds is 4. The van der Waals surface area contributed by atoms with Gasteiger partial charge < -0.3 is 20.5 Å². The number of anilines is 1. The van der Waals surface area contributed by atoms with E-state index >= 15 is 0 Å². The van der Waals surface area contributed by atoms with E-state index in [-0.39, 0.29) is 24.8 Å². The lowest BCUT2D eigenvalue weighted by atomic mass is 10.1. The predicted octanol–water partition coefficient (Wildman–Crippen LogP) is 1.33. The van der Waals surface area contributed by atoms with Crippen LogP contribution in [0, 0.1) is 0 Å². The summed E-state index contributed by atoms with van der Waals surface area (Å²) in [5, 5.41) is 8.08. The number of nitrogens with zero attached hydrogens (tertiary/aromatic N) is 2. The van der Waals surface area contributed by atoms with Gasteiger partial charge in [0.05, 0.1) is 35.2 Å². The number of amides is 3. The number of nitrogens with one attached hydrogen (secondary N) is 3. The van der Waals surface area contributed by atoms with E-state index in [4.69, 9.17) is 0 Å². The number of aromatic nitrogens is 2. The molecular weight excluding hydrogens is 358 g/mol. The van der Waals surface area contributed by atoms with Crippen molar-refractivity contribution in [2.45, 2.75) is 19.0 Å². The van der Waals surface area contributed by atoms with Crippen molar-refractivity contribution in [3.8, 4) is 0 Å². The van der Waals surface area contributed by atoms with Crippen LogP contribution in [0.3, 0.4) is 0 Å². The Kier molecular flexibility index (Phi) is 4.52. The van der Waals surface area contributed by atoms with Gasteiger partial charge in [0.2, 0.25) is 11.8 Å². The van der Waals surface area contributed by atoms with E-state index in [9.17, 15) is 14.4 Å². The quantitative estimate of drug-likeness (QED) is 0.638. The Bertz CT molecular complexity index is 1090. The van der Waals surface area contributed by atoms with E-state index in [2.05, 4.69) is 20.9 Å². The zero-order valence-corrected chi connectivity index (χ0v) is 15.2. The Morgan fingerprint density at radius 3 is 2.71 bits per heavy atom. The Morgan fingerprint density at radius 2 is 1.89 bits per heavy atom. The molecule has 0 spiro atoms. The normalized spacial score (nSPS) is 16.1. The van der Waals surface area contributed by atoms with Crippen LogP contribution < -0.4 is 16.0 Å². The van der Waals surface area contributed by atoms with Crippen molar-refractivity contribution < 1.29 is 14.4 Å². The Labute approximate surface area is 160 Å². The SMILES string of the molecule is Cn1c(CNC(=O)C[C@@H]2NC(=O)c3ccccc3NC2=O)nc2ccccc21. The molecule has 3 amide bonds. The molecule has 28 heavy (non-hydrogen) atoms. The lowest BCUT2D eigenvalue weighted by Gasteiger charge is -2.14. The molecule has 3 aromatic rings. The third kappa shape index (κ3) is 3.32. The van der Waals surface area contributed by atoms with E-state index in [0.29, 0.717) is 17.1 Å². The fourth-order valence-corrected chi connectivity index (χ4v) is 3.24. The van der Waals surface area contributed by atoms with Gasteiger partial charge >= 0.3 is 0 Å². The first kappa shape index (κ1) is 17.7. The number of aryl methyl sites for hydroxylation is 1. The summed E-state index contributed by atoms with van der Waals surface area (Å²) in [6, 6.07) is 13.5. The van der Waals surface area contributed by atoms with Crippen LogP contribution in [-0.4, -0.2) is 33.3 Å². The third-order valence-electron chi connectivity index (χ3n) is 4.76. The molecule has 0 saturated carbocycles. The first-order valence-electron chi connectivity index (χ1n) is 8.90. The fourth-order valence-electron chi connectivity index (χ4n) is 3.24. The van der Waals surface area contributed by atoms with Crippen molar-refractivity contribution in [1.29, 1.82) is 0 Å². The Balaban J connectivity index is 1.41. The summed E-state index contributed by atoms with van der Waals surface area (Å²) in [5.41, 5.74) is 2.63. The topological polar surface area (TPSA) is 105 Å². The highest BCUT2D eigenvalue weighted by Gasteiger charge is 2.29. The summed E-state index contributed by atoms with van der Waals surface area (Å²) in [5.74, 6) is -0.451. The molecule has 3 N–H and O–H groups in total. The third-order valence-corrected chi connectivity index (χ3v) is 4.76. The van der Waals surface area contributed by atoms with Gasteiger partial charge in [-0.1, -0.05) is 24.3 Å². The maximum absolute atomic E-state index is 12.4. The molecule has 0 unspecified atom stereocenters. The molecule has 8 heteroatoms. The van der Waals surface area contributed by atoms with Crippen LogP contribution in [0.2, 0.25) is 0 Å². The smallest absolute Gasteiger partial charge is 0.254 e. The van der Waals surface area contributed by atoms with Gasteiger partial charge in [0.1, 0.15) is 11.9 Å². The molecule has 8 nitrogen and oxygen atoms in total. The molecule has 1 aliphatic heterocycles. The second-order valence-electron chi connectivity index (χ2n) is 6.62. The summed E-state index contributed by atoms with van der Waals surface area (Å²) in [6.45, 7) is 0.229. The van der Waals surface area contributed by atoms with Crippen LogP contribution in [0.4, 0.5) is 5.69 Å². The van der Waals surface area contributed by atoms with Crippen LogP contribution >= 0.6 is 0 Å².